The average molecular weight is 275 g/mol. The minimum Gasteiger partial charge on any atom is -0.356 e. The Labute approximate surface area is 123 Å². The van der Waals surface area contributed by atoms with Crippen molar-refractivity contribution in [2.75, 3.05) is 6.54 Å². The maximum atomic E-state index is 12.0. The first-order chi connectivity index (χ1) is 9.53. The highest BCUT2D eigenvalue weighted by Gasteiger charge is 2.58. The zero-order valence-corrected chi connectivity index (χ0v) is 13.1. The number of rotatable bonds is 0. The standard InChI is InChI=1S/C18H29NO/c1-17-8-3-4-14(17)13-6-5-12-11-19-16(20)10-18(12,2)15(13)7-9-17/h12-15H,3-11H2,1-2H3,(H,19,20)/t12-,13?,14?,15?,17?,18?/m0/s1. The largest absolute Gasteiger partial charge is 0.356 e. The van der Waals surface area contributed by atoms with Gasteiger partial charge in [0.15, 0.2) is 0 Å². The normalized spacial score (nSPS) is 54.6. The van der Waals surface area contributed by atoms with E-state index in [-0.39, 0.29) is 0 Å². The van der Waals surface area contributed by atoms with Crippen LogP contribution in [0.25, 0.3) is 0 Å². The van der Waals surface area contributed by atoms with Crippen LogP contribution in [-0.4, -0.2) is 12.5 Å². The lowest BCUT2D eigenvalue weighted by Gasteiger charge is -2.59. The smallest absolute Gasteiger partial charge is 0.220 e. The first kappa shape index (κ1) is 13.2. The Morgan fingerprint density at radius 1 is 1.05 bits per heavy atom. The molecule has 0 aromatic carbocycles. The number of piperidine rings is 1. The molecule has 4 rings (SSSR count). The van der Waals surface area contributed by atoms with Gasteiger partial charge in [0.1, 0.15) is 0 Å². The van der Waals surface area contributed by atoms with Gasteiger partial charge in [-0.2, -0.15) is 0 Å². The Hall–Kier alpha value is -0.530. The highest BCUT2D eigenvalue weighted by molar-refractivity contribution is 5.77. The molecule has 2 nitrogen and oxygen atoms in total. The van der Waals surface area contributed by atoms with Crippen LogP contribution < -0.4 is 5.32 Å². The van der Waals surface area contributed by atoms with Gasteiger partial charge in [-0.15, -0.1) is 0 Å². The highest BCUT2D eigenvalue weighted by atomic mass is 16.1. The summed E-state index contributed by atoms with van der Waals surface area (Å²) < 4.78 is 0. The lowest BCUT2D eigenvalue weighted by molar-refractivity contribution is -0.141. The van der Waals surface area contributed by atoms with Crippen LogP contribution in [0.15, 0.2) is 0 Å². The fourth-order valence-electron chi connectivity index (χ4n) is 6.78. The third-order valence-corrected chi connectivity index (χ3v) is 7.93. The number of nitrogens with one attached hydrogen (secondary N) is 1. The summed E-state index contributed by atoms with van der Waals surface area (Å²) >= 11 is 0. The van der Waals surface area contributed by atoms with E-state index in [9.17, 15) is 4.79 Å². The molecule has 4 fully saturated rings. The quantitative estimate of drug-likeness (QED) is 0.716. The van der Waals surface area contributed by atoms with E-state index in [1.807, 2.05) is 0 Å². The minimum atomic E-state index is 0.301. The van der Waals surface area contributed by atoms with Crippen LogP contribution in [0.2, 0.25) is 0 Å². The molecule has 3 saturated carbocycles. The molecule has 6 atom stereocenters. The predicted octanol–water partition coefficient (Wildman–Crippen LogP) is 3.76. The molecule has 1 heterocycles. The first-order valence-electron chi connectivity index (χ1n) is 8.80. The number of carbonyl (C=O) groups excluding carboxylic acids is 1. The Morgan fingerprint density at radius 3 is 2.75 bits per heavy atom. The van der Waals surface area contributed by atoms with Crippen LogP contribution in [-0.2, 0) is 4.79 Å². The van der Waals surface area contributed by atoms with E-state index < -0.39 is 0 Å². The van der Waals surface area contributed by atoms with Crippen LogP contribution in [0.3, 0.4) is 0 Å². The van der Waals surface area contributed by atoms with Crippen molar-refractivity contribution in [3.63, 3.8) is 0 Å². The van der Waals surface area contributed by atoms with Crippen molar-refractivity contribution in [2.45, 2.75) is 65.2 Å². The van der Waals surface area contributed by atoms with Gasteiger partial charge < -0.3 is 5.32 Å². The van der Waals surface area contributed by atoms with E-state index in [1.54, 1.807) is 0 Å². The summed E-state index contributed by atoms with van der Waals surface area (Å²) in [6.45, 7) is 5.95. The van der Waals surface area contributed by atoms with Gasteiger partial charge in [0.25, 0.3) is 0 Å². The average Bonchev–Trinajstić information content (AvgIpc) is 2.79. The van der Waals surface area contributed by atoms with Gasteiger partial charge >= 0.3 is 0 Å². The van der Waals surface area contributed by atoms with Gasteiger partial charge in [-0.3, -0.25) is 4.79 Å². The third kappa shape index (κ3) is 1.66. The van der Waals surface area contributed by atoms with Gasteiger partial charge in [-0.25, -0.2) is 0 Å². The molecule has 3 aliphatic carbocycles. The summed E-state index contributed by atoms with van der Waals surface area (Å²) in [5.41, 5.74) is 0.941. The Balaban J connectivity index is 1.66. The van der Waals surface area contributed by atoms with E-state index in [0.717, 1.165) is 36.6 Å². The van der Waals surface area contributed by atoms with E-state index in [1.165, 1.54) is 44.9 Å². The molecule has 0 bridgehead atoms. The number of carbonyl (C=O) groups is 1. The van der Waals surface area contributed by atoms with Crippen LogP contribution in [0, 0.1) is 34.5 Å². The fourth-order valence-corrected chi connectivity index (χ4v) is 6.78. The fraction of sp³-hybridized carbons (Fsp3) is 0.944. The molecule has 5 unspecified atom stereocenters. The van der Waals surface area contributed by atoms with Gasteiger partial charge in [-0.05, 0) is 73.0 Å². The van der Waals surface area contributed by atoms with E-state index in [0.29, 0.717) is 16.7 Å². The van der Waals surface area contributed by atoms with E-state index >= 15 is 0 Å². The summed E-state index contributed by atoms with van der Waals surface area (Å²) in [4.78, 5) is 12.0. The summed E-state index contributed by atoms with van der Waals surface area (Å²) in [5, 5.41) is 3.12. The van der Waals surface area contributed by atoms with Gasteiger partial charge in [0.05, 0.1) is 0 Å². The Kier molecular flexibility index (Phi) is 2.79. The summed E-state index contributed by atoms with van der Waals surface area (Å²) in [6, 6.07) is 0. The van der Waals surface area contributed by atoms with E-state index in [2.05, 4.69) is 19.2 Å². The second-order valence-corrected chi connectivity index (χ2v) is 8.72. The highest BCUT2D eigenvalue weighted by Crippen LogP contribution is 2.64. The van der Waals surface area contributed by atoms with Crippen molar-refractivity contribution in [3.8, 4) is 0 Å². The van der Waals surface area contributed by atoms with Gasteiger partial charge in [-0.1, -0.05) is 20.3 Å². The minimum absolute atomic E-state index is 0.301. The molecular formula is C18H29NO. The van der Waals surface area contributed by atoms with Gasteiger partial charge in [0.2, 0.25) is 5.91 Å². The van der Waals surface area contributed by atoms with Crippen LogP contribution in [0.5, 0.6) is 0 Å². The molecule has 4 aliphatic rings. The molecule has 1 saturated heterocycles. The molecule has 0 aromatic rings. The maximum absolute atomic E-state index is 12.0. The van der Waals surface area contributed by atoms with Crippen molar-refractivity contribution in [1.29, 1.82) is 0 Å². The number of hydrogen-bond donors (Lipinski definition) is 1. The predicted molar refractivity (Wildman–Crippen MR) is 80.1 cm³/mol. The molecule has 0 spiro atoms. The lowest BCUT2D eigenvalue weighted by Crippen LogP contribution is -2.57. The molecule has 112 valence electrons. The zero-order valence-electron chi connectivity index (χ0n) is 13.1. The van der Waals surface area contributed by atoms with E-state index in [4.69, 9.17) is 0 Å². The van der Waals surface area contributed by atoms with Crippen molar-refractivity contribution in [1.82, 2.24) is 5.32 Å². The Bertz CT molecular complexity index is 433. The molecule has 1 amide bonds. The lowest BCUT2D eigenvalue weighted by atomic mass is 9.46. The third-order valence-electron chi connectivity index (χ3n) is 7.93. The molecule has 1 N–H and O–H groups in total. The topological polar surface area (TPSA) is 29.1 Å². The van der Waals surface area contributed by atoms with Crippen molar-refractivity contribution in [3.05, 3.63) is 0 Å². The first-order valence-corrected chi connectivity index (χ1v) is 8.80. The molecular weight excluding hydrogens is 246 g/mol. The zero-order chi connectivity index (χ0) is 14.0. The molecule has 0 radical (unpaired) electrons. The summed E-state index contributed by atoms with van der Waals surface area (Å²) in [6.07, 6.45) is 10.8. The second-order valence-electron chi connectivity index (χ2n) is 8.72. The molecule has 20 heavy (non-hydrogen) atoms. The number of amides is 1. The van der Waals surface area contributed by atoms with Crippen molar-refractivity contribution < 1.29 is 4.79 Å². The summed E-state index contributed by atoms with van der Waals surface area (Å²) in [5.74, 6) is 3.76. The van der Waals surface area contributed by atoms with Crippen LogP contribution >= 0.6 is 0 Å². The van der Waals surface area contributed by atoms with Crippen LogP contribution in [0.1, 0.15) is 65.2 Å². The maximum Gasteiger partial charge on any atom is 0.220 e. The number of hydrogen-bond acceptors (Lipinski definition) is 1. The second kappa shape index (κ2) is 4.24. The Morgan fingerprint density at radius 2 is 1.90 bits per heavy atom. The van der Waals surface area contributed by atoms with Crippen molar-refractivity contribution in [2.24, 2.45) is 34.5 Å². The molecule has 1 aliphatic heterocycles. The molecule has 2 heteroatoms. The molecule has 0 aromatic heterocycles. The monoisotopic (exact) mass is 275 g/mol. The SMILES string of the molecule is CC12CCCC1C1CC[C@H]3CNC(=O)CC3(C)C1CC2. The number of fused-ring (bicyclic) bond motifs is 5. The van der Waals surface area contributed by atoms with Crippen LogP contribution in [0.4, 0.5) is 0 Å². The van der Waals surface area contributed by atoms with Crippen molar-refractivity contribution >= 4 is 5.91 Å². The van der Waals surface area contributed by atoms with Gasteiger partial charge in [0, 0.05) is 13.0 Å². The summed E-state index contributed by atoms with van der Waals surface area (Å²) in [7, 11) is 0.